The van der Waals surface area contributed by atoms with E-state index in [4.69, 9.17) is 4.74 Å². The Morgan fingerprint density at radius 2 is 1.55 bits per heavy atom. The molecule has 1 aromatic carbocycles. The molecule has 0 bridgehead atoms. The molecule has 0 spiro atoms. The van der Waals surface area contributed by atoms with Crippen LogP contribution in [-0.4, -0.2) is 50.4 Å². The second-order valence-corrected chi connectivity index (χ2v) is 12.4. The molecular formula is C23H37N3O4S. The molecule has 0 aromatic heterocycles. The average molecular weight is 452 g/mol. The molecule has 2 aliphatic rings. The lowest BCUT2D eigenvalue weighted by Gasteiger charge is -2.37. The smallest absolute Gasteiger partial charge is 0.227 e. The molecule has 2 fully saturated rings. The van der Waals surface area contributed by atoms with Crippen LogP contribution in [0.4, 0.5) is 11.4 Å². The highest BCUT2D eigenvalue weighted by molar-refractivity contribution is 7.90. The first-order valence-electron chi connectivity index (χ1n) is 11.3. The molecule has 0 unspecified atom stereocenters. The van der Waals surface area contributed by atoms with Crippen molar-refractivity contribution >= 4 is 27.3 Å². The van der Waals surface area contributed by atoms with Gasteiger partial charge in [0, 0.05) is 36.4 Å². The number of sulfonamides is 1. The lowest BCUT2D eigenvalue weighted by molar-refractivity contribution is -0.120. The highest BCUT2D eigenvalue weighted by atomic mass is 32.2. The molecule has 31 heavy (non-hydrogen) atoms. The monoisotopic (exact) mass is 451 g/mol. The molecular weight excluding hydrogens is 414 g/mol. The van der Waals surface area contributed by atoms with Gasteiger partial charge in [-0.3, -0.25) is 4.79 Å². The molecule has 2 N–H and O–H groups in total. The minimum absolute atomic E-state index is 0.0125. The first-order valence-corrected chi connectivity index (χ1v) is 12.8. The number of hydrogen-bond donors (Lipinski definition) is 2. The van der Waals surface area contributed by atoms with Crippen molar-refractivity contribution in [3.05, 3.63) is 24.3 Å². The molecule has 2 atom stereocenters. The Morgan fingerprint density at radius 1 is 1.00 bits per heavy atom. The normalized spacial score (nSPS) is 27.7. The summed E-state index contributed by atoms with van der Waals surface area (Å²) in [6.07, 6.45) is 3.13. The summed E-state index contributed by atoms with van der Waals surface area (Å²) in [7, 11) is -3.37. The van der Waals surface area contributed by atoms with Gasteiger partial charge in [0.15, 0.2) is 0 Å². The molecule has 1 aromatic rings. The first-order chi connectivity index (χ1) is 14.4. The van der Waals surface area contributed by atoms with Crippen LogP contribution in [0.1, 0.15) is 60.3 Å². The van der Waals surface area contributed by atoms with E-state index in [1.807, 2.05) is 24.3 Å². The van der Waals surface area contributed by atoms with E-state index in [-0.39, 0.29) is 30.1 Å². The molecule has 1 saturated carbocycles. The van der Waals surface area contributed by atoms with Crippen LogP contribution in [0.15, 0.2) is 24.3 Å². The number of morpholine rings is 1. The number of nitrogens with zero attached hydrogens (tertiary/aromatic N) is 1. The summed E-state index contributed by atoms with van der Waals surface area (Å²) in [5.74, 6) is -0.0745. The molecule has 3 rings (SSSR count). The molecule has 7 nitrogen and oxygen atoms in total. The number of benzene rings is 1. The molecule has 0 radical (unpaired) electrons. The summed E-state index contributed by atoms with van der Waals surface area (Å²) in [5, 5.41) is 3.03. The highest BCUT2D eigenvalue weighted by Gasteiger charge is 2.34. The Balaban J connectivity index is 1.50. The molecule has 1 aliphatic carbocycles. The fourth-order valence-corrected chi connectivity index (χ4v) is 5.29. The minimum Gasteiger partial charge on any atom is -0.372 e. The molecule has 1 aliphatic heterocycles. The summed E-state index contributed by atoms with van der Waals surface area (Å²) in [5.41, 5.74) is 1.92. The summed E-state index contributed by atoms with van der Waals surface area (Å²) in [4.78, 5) is 15.0. The number of ether oxygens (including phenoxy) is 1. The predicted molar refractivity (Wildman–Crippen MR) is 125 cm³/mol. The van der Waals surface area contributed by atoms with Crippen molar-refractivity contribution < 1.29 is 17.9 Å². The third-order valence-corrected chi connectivity index (χ3v) is 8.40. The van der Waals surface area contributed by atoms with Gasteiger partial charge in [-0.1, -0.05) is 0 Å². The van der Waals surface area contributed by atoms with Crippen LogP contribution in [-0.2, 0) is 19.6 Å². The maximum absolute atomic E-state index is 12.7. The van der Waals surface area contributed by atoms with Crippen molar-refractivity contribution in [3.8, 4) is 0 Å². The third kappa shape index (κ3) is 6.20. The van der Waals surface area contributed by atoms with Gasteiger partial charge in [0.2, 0.25) is 15.9 Å². The second kappa shape index (κ2) is 9.46. The number of anilines is 2. The molecule has 8 heteroatoms. The van der Waals surface area contributed by atoms with Crippen LogP contribution in [0.25, 0.3) is 0 Å². The van der Waals surface area contributed by atoms with E-state index in [0.717, 1.165) is 24.5 Å². The lowest BCUT2D eigenvalue weighted by Crippen LogP contribution is -2.46. The lowest BCUT2D eigenvalue weighted by atomic mass is 9.86. The van der Waals surface area contributed by atoms with Crippen LogP contribution in [0.5, 0.6) is 0 Å². The SMILES string of the molecule is C[C@@H]1CN(c2ccc(NC(=O)C3CCC(NS(=O)(=O)C(C)(C)C)CC3)cc2)C[C@@H](C)O1. The van der Waals surface area contributed by atoms with E-state index in [9.17, 15) is 13.2 Å². The fourth-order valence-electron chi connectivity index (χ4n) is 4.26. The van der Waals surface area contributed by atoms with Gasteiger partial charge in [-0.15, -0.1) is 0 Å². The molecule has 1 heterocycles. The van der Waals surface area contributed by atoms with Gasteiger partial charge in [0.25, 0.3) is 0 Å². The van der Waals surface area contributed by atoms with E-state index in [0.29, 0.717) is 25.7 Å². The van der Waals surface area contributed by atoms with Crippen molar-refractivity contribution in [1.29, 1.82) is 0 Å². The Hall–Kier alpha value is -1.64. The van der Waals surface area contributed by atoms with Crippen LogP contribution >= 0.6 is 0 Å². The van der Waals surface area contributed by atoms with Crippen molar-refractivity contribution in [1.82, 2.24) is 4.72 Å². The minimum atomic E-state index is -3.37. The van der Waals surface area contributed by atoms with E-state index in [1.54, 1.807) is 20.8 Å². The largest absolute Gasteiger partial charge is 0.372 e. The van der Waals surface area contributed by atoms with Crippen molar-refractivity contribution in [2.45, 2.75) is 83.3 Å². The maximum Gasteiger partial charge on any atom is 0.227 e. The summed E-state index contributed by atoms with van der Waals surface area (Å²) < 4.78 is 32.5. The Kier molecular flexibility index (Phi) is 7.33. The standard InChI is InChI=1S/C23H37N3O4S/c1-16-14-26(15-17(2)30-16)21-12-10-19(11-13-21)24-22(27)18-6-8-20(9-7-18)25-31(28,29)23(3,4)5/h10-13,16-18,20,25H,6-9,14-15H2,1-5H3,(H,24,27)/t16-,17-,18?,20?/m1/s1. The molecule has 1 amide bonds. The van der Waals surface area contributed by atoms with Crippen molar-refractivity contribution in [2.75, 3.05) is 23.3 Å². The van der Waals surface area contributed by atoms with Gasteiger partial charge < -0.3 is 15.0 Å². The number of hydrogen-bond acceptors (Lipinski definition) is 5. The van der Waals surface area contributed by atoms with E-state index in [2.05, 4.69) is 28.8 Å². The van der Waals surface area contributed by atoms with Gasteiger partial charge in [0.1, 0.15) is 0 Å². The number of amides is 1. The van der Waals surface area contributed by atoms with Crippen LogP contribution < -0.4 is 14.9 Å². The topological polar surface area (TPSA) is 87.7 Å². The summed E-state index contributed by atoms with van der Waals surface area (Å²) in [6, 6.07) is 7.88. The quantitative estimate of drug-likeness (QED) is 0.715. The van der Waals surface area contributed by atoms with E-state index >= 15 is 0 Å². The second-order valence-electron chi connectivity index (χ2n) is 9.98. The zero-order valence-corrected chi connectivity index (χ0v) is 20.2. The van der Waals surface area contributed by atoms with Gasteiger partial charge >= 0.3 is 0 Å². The first kappa shape index (κ1) is 24.0. The molecule has 174 valence electrons. The van der Waals surface area contributed by atoms with Crippen LogP contribution in [0, 0.1) is 5.92 Å². The fraction of sp³-hybridized carbons (Fsp3) is 0.696. The summed E-state index contributed by atoms with van der Waals surface area (Å²) >= 11 is 0. The number of carbonyl (C=O) groups excluding carboxylic acids is 1. The zero-order valence-electron chi connectivity index (χ0n) is 19.3. The van der Waals surface area contributed by atoms with Gasteiger partial charge in [-0.25, -0.2) is 13.1 Å². The Labute approximate surface area is 187 Å². The maximum atomic E-state index is 12.7. The van der Waals surface area contributed by atoms with Crippen molar-refractivity contribution in [2.24, 2.45) is 5.92 Å². The number of carbonyl (C=O) groups is 1. The van der Waals surface area contributed by atoms with Gasteiger partial charge in [0.05, 0.1) is 17.0 Å². The van der Waals surface area contributed by atoms with Crippen LogP contribution in [0.3, 0.4) is 0 Å². The predicted octanol–water partition coefficient (Wildman–Crippen LogP) is 3.52. The number of rotatable bonds is 5. The third-order valence-electron chi connectivity index (χ3n) is 6.15. The highest BCUT2D eigenvalue weighted by Crippen LogP contribution is 2.28. The molecule has 1 saturated heterocycles. The van der Waals surface area contributed by atoms with E-state index < -0.39 is 14.8 Å². The van der Waals surface area contributed by atoms with E-state index in [1.165, 1.54) is 0 Å². The van der Waals surface area contributed by atoms with Crippen molar-refractivity contribution in [3.63, 3.8) is 0 Å². The summed E-state index contributed by atoms with van der Waals surface area (Å²) in [6.45, 7) is 11.0. The Bertz CT molecular complexity index is 846. The van der Waals surface area contributed by atoms with Crippen LogP contribution in [0.2, 0.25) is 0 Å². The Morgan fingerprint density at radius 3 is 2.06 bits per heavy atom. The van der Waals surface area contributed by atoms with Gasteiger partial charge in [-0.2, -0.15) is 0 Å². The van der Waals surface area contributed by atoms with Gasteiger partial charge in [-0.05, 0) is 84.6 Å². The average Bonchev–Trinajstić information content (AvgIpc) is 2.67. The number of nitrogens with one attached hydrogen (secondary N) is 2. The zero-order chi connectivity index (χ0) is 22.8.